The fraction of sp³-hybridized carbons (Fsp3) is 0.871. The summed E-state index contributed by atoms with van der Waals surface area (Å²) in [4.78, 5) is 28.7. The molecule has 9 atom stereocenters. The molecule has 6 nitrogen and oxygen atoms in total. The lowest BCUT2D eigenvalue weighted by Crippen LogP contribution is -2.55. The first-order valence-corrected chi connectivity index (χ1v) is 15.1. The van der Waals surface area contributed by atoms with Gasteiger partial charge in [0.15, 0.2) is 0 Å². The van der Waals surface area contributed by atoms with Crippen molar-refractivity contribution < 1.29 is 19.4 Å². The second-order valence-electron chi connectivity index (χ2n) is 13.8. The molecule has 4 aliphatic carbocycles. The van der Waals surface area contributed by atoms with Gasteiger partial charge in [0, 0.05) is 32.1 Å². The standard InChI is InChI=1S/C31H50N2O4/c1-20(6-11-28(35)33-17-16-32(19-21(33)2)29(36)37-5)25-9-10-26-24-8-7-22-18-23(34)12-14-30(22,3)27(24)13-15-31(25,26)4/h7,20-21,23-27,34H,6,8-19H2,1-5H3/t20-,21+,23+,24+,25-,26+,27+,30+,31-/m1/s1. The van der Waals surface area contributed by atoms with Crippen LogP contribution in [0.25, 0.3) is 0 Å². The average Bonchev–Trinajstić information content (AvgIpc) is 3.24. The van der Waals surface area contributed by atoms with Crippen LogP contribution in [0.2, 0.25) is 0 Å². The van der Waals surface area contributed by atoms with Crippen LogP contribution in [0.1, 0.15) is 91.9 Å². The van der Waals surface area contributed by atoms with Gasteiger partial charge in [0.2, 0.25) is 5.91 Å². The van der Waals surface area contributed by atoms with Crippen LogP contribution in [0.3, 0.4) is 0 Å². The maximum atomic E-state index is 13.2. The summed E-state index contributed by atoms with van der Waals surface area (Å²) in [5.41, 5.74) is 2.24. The van der Waals surface area contributed by atoms with E-state index in [0.717, 1.165) is 43.4 Å². The number of aliphatic hydroxyl groups excluding tert-OH is 1. The zero-order valence-corrected chi connectivity index (χ0v) is 23.9. The molecular weight excluding hydrogens is 464 g/mol. The molecule has 0 bridgehead atoms. The maximum absolute atomic E-state index is 13.2. The van der Waals surface area contributed by atoms with E-state index >= 15 is 0 Å². The van der Waals surface area contributed by atoms with Crippen LogP contribution in [0.4, 0.5) is 4.79 Å². The molecule has 0 radical (unpaired) electrons. The molecule has 0 unspecified atom stereocenters. The van der Waals surface area contributed by atoms with Gasteiger partial charge in [0.1, 0.15) is 0 Å². The minimum Gasteiger partial charge on any atom is -0.453 e. The summed E-state index contributed by atoms with van der Waals surface area (Å²) >= 11 is 0. The summed E-state index contributed by atoms with van der Waals surface area (Å²) in [6.45, 7) is 11.2. The van der Waals surface area contributed by atoms with Crippen molar-refractivity contribution in [3.63, 3.8) is 0 Å². The topological polar surface area (TPSA) is 70.1 Å². The number of aliphatic hydroxyl groups is 1. The Morgan fingerprint density at radius 1 is 1.14 bits per heavy atom. The Morgan fingerprint density at radius 3 is 2.65 bits per heavy atom. The minimum absolute atomic E-state index is 0.0332. The molecule has 0 aromatic heterocycles. The number of hydrogen-bond acceptors (Lipinski definition) is 4. The van der Waals surface area contributed by atoms with Crippen molar-refractivity contribution in [3.05, 3.63) is 11.6 Å². The van der Waals surface area contributed by atoms with E-state index in [9.17, 15) is 14.7 Å². The summed E-state index contributed by atoms with van der Waals surface area (Å²) in [7, 11) is 1.41. The molecule has 5 rings (SSSR count). The van der Waals surface area contributed by atoms with Gasteiger partial charge < -0.3 is 19.6 Å². The summed E-state index contributed by atoms with van der Waals surface area (Å²) in [6, 6.07) is 0.0332. The van der Waals surface area contributed by atoms with Crippen molar-refractivity contribution in [2.24, 2.45) is 40.4 Å². The molecule has 0 aromatic rings. The molecule has 1 heterocycles. The molecule has 2 amide bonds. The highest BCUT2D eigenvalue weighted by Gasteiger charge is 2.59. The maximum Gasteiger partial charge on any atom is 0.409 e. The third-order valence-electron chi connectivity index (χ3n) is 12.0. The van der Waals surface area contributed by atoms with Crippen LogP contribution in [-0.4, -0.2) is 65.8 Å². The van der Waals surface area contributed by atoms with E-state index in [-0.39, 0.29) is 24.1 Å². The van der Waals surface area contributed by atoms with E-state index in [1.165, 1.54) is 39.2 Å². The van der Waals surface area contributed by atoms with Crippen LogP contribution in [0.15, 0.2) is 11.6 Å². The lowest BCUT2D eigenvalue weighted by Gasteiger charge is -2.58. The van der Waals surface area contributed by atoms with Gasteiger partial charge in [-0.05, 0) is 105 Å². The van der Waals surface area contributed by atoms with Gasteiger partial charge in [-0.3, -0.25) is 4.79 Å². The molecule has 208 valence electrons. The van der Waals surface area contributed by atoms with Crippen LogP contribution >= 0.6 is 0 Å². The van der Waals surface area contributed by atoms with E-state index in [2.05, 4.69) is 26.8 Å². The number of hydrogen-bond donors (Lipinski definition) is 1. The van der Waals surface area contributed by atoms with Crippen molar-refractivity contribution in [2.75, 3.05) is 26.7 Å². The third-order valence-corrected chi connectivity index (χ3v) is 12.0. The minimum atomic E-state index is -0.300. The number of ether oxygens (including phenoxy) is 1. The van der Waals surface area contributed by atoms with Crippen LogP contribution in [0.5, 0.6) is 0 Å². The van der Waals surface area contributed by atoms with Gasteiger partial charge in [-0.2, -0.15) is 0 Å². The van der Waals surface area contributed by atoms with Crippen molar-refractivity contribution in [2.45, 2.75) is 104 Å². The number of rotatable bonds is 4. The quantitative estimate of drug-likeness (QED) is 0.493. The Bertz CT molecular complexity index is 919. The SMILES string of the molecule is COC(=O)N1CCN(C(=O)CC[C@@H](C)[C@H]2CC[C@H]3[C@@H]4CC=C5C[C@@H](O)CC[C@]5(C)[C@H]4CC[C@]23C)[C@@H](C)C1. The van der Waals surface area contributed by atoms with Crippen molar-refractivity contribution in [1.29, 1.82) is 0 Å². The van der Waals surface area contributed by atoms with Gasteiger partial charge in [-0.25, -0.2) is 4.79 Å². The van der Waals surface area contributed by atoms with E-state index in [1.807, 2.05) is 11.8 Å². The molecule has 37 heavy (non-hydrogen) atoms. The van der Waals surface area contributed by atoms with Gasteiger partial charge in [0.25, 0.3) is 0 Å². The second kappa shape index (κ2) is 10.2. The highest BCUT2D eigenvalue weighted by atomic mass is 16.5. The Labute approximate surface area is 224 Å². The molecule has 5 aliphatic rings. The van der Waals surface area contributed by atoms with E-state index in [4.69, 9.17) is 4.74 Å². The Hall–Kier alpha value is -1.56. The number of fused-ring (bicyclic) bond motifs is 5. The monoisotopic (exact) mass is 514 g/mol. The molecule has 3 saturated carbocycles. The first kappa shape index (κ1) is 27.0. The molecule has 1 saturated heterocycles. The molecular formula is C31H50N2O4. The largest absolute Gasteiger partial charge is 0.453 e. The van der Waals surface area contributed by atoms with E-state index in [0.29, 0.717) is 48.7 Å². The number of carbonyl (C=O) groups excluding carboxylic acids is 2. The second-order valence-corrected chi connectivity index (χ2v) is 13.8. The zero-order chi connectivity index (χ0) is 26.5. The molecule has 1 N–H and O–H groups in total. The summed E-state index contributed by atoms with van der Waals surface area (Å²) in [5, 5.41) is 10.3. The number of carbonyl (C=O) groups is 2. The number of methoxy groups -OCH3 is 1. The first-order valence-electron chi connectivity index (χ1n) is 15.1. The predicted octanol–water partition coefficient (Wildman–Crippen LogP) is 5.64. The van der Waals surface area contributed by atoms with Gasteiger partial charge in [0.05, 0.1) is 13.2 Å². The predicted molar refractivity (Wildman–Crippen MR) is 145 cm³/mol. The Kier molecular flexibility index (Phi) is 7.45. The average molecular weight is 515 g/mol. The lowest BCUT2D eigenvalue weighted by molar-refractivity contribution is -0.136. The van der Waals surface area contributed by atoms with Gasteiger partial charge in [-0.15, -0.1) is 0 Å². The van der Waals surface area contributed by atoms with Gasteiger partial charge >= 0.3 is 6.09 Å². The van der Waals surface area contributed by atoms with E-state index in [1.54, 1.807) is 10.5 Å². The first-order chi connectivity index (χ1) is 17.6. The highest BCUT2D eigenvalue weighted by molar-refractivity contribution is 5.77. The van der Waals surface area contributed by atoms with Crippen molar-refractivity contribution >= 4 is 12.0 Å². The Morgan fingerprint density at radius 2 is 1.92 bits per heavy atom. The Balaban J connectivity index is 1.19. The van der Waals surface area contributed by atoms with E-state index < -0.39 is 0 Å². The van der Waals surface area contributed by atoms with Crippen molar-refractivity contribution in [3.8, 4) is 0 Å². The molecule has 1 aliphatic heterocycles. The normalized spacial score (nSPS) is 42.3. The zero-order valence-electron chi connectivity index (χ0n) is 23.9. The molecule has 0 aromatic carbocycles. The van der Waals surface area contributed by atoms with Crippen molar-refractivity contribution in [1.82, 2.24) is 9.80 Å². The molecule has 4 fully saturated rings. The van der Waals surface area contributed by atoms with Crippen LogP contribution in [0, 0.1) is 40.4 Å². The fourth-order valence-electron chi connectivity index (χ4n) is 9.94. The number of piperazine rings is 1. The fourth-order valence-corrected chi connectivity index (χ4v) is 9.94. The summed E-state index contributed by atoms with van der Waals surface area (Å²) < 4.78 is 4.86. The summed E-state index contributed by atoms with van der Waals surface area (Å²) in [6.07, 6.45) is 13.2. The lowest BCUT2D eigenvalue weighted by atomic mass is 9.47. The number of nitrogens with zero attached hydrogens (tertiary/aromatic N) is 2. The number of allylic oxidation sites excluding steroid dienone is 1. The molecule has 6 heteroatoms. The number of amides is 2. The van der Waals surface area contributed by atoms with Gasteiger partial charge in [-0.1, -0.05) is 32.4 Å². The van der Waals surface area contributed by atoms with Crippen LogP contribution in [-0.2, 0) is 9.53 Å². The smallest absolute Gasteiger partial charge is 0.409 e. The summed E-state index contributed by atoms with van der Waals surface area (Å²) in [5.74, 6) is 3.85. The highest BCUT2D eigenvalue weighted by Crippen LogP contribution is 2.67. The molecule has 0 spiro atoms. The van der Waals surface area contributed by atoms with Crippen LogP contribution < -0.4 is 0 Å². The third kappa shape index (κ3) is 4.63.